The summed E-state index contributed by atoms with van der Waals surface area (Å²) in [4.78, 5) is 25.1. The molecule has 3 heterocycles. The second-order valence-corrected chi connectivity index (χ2v) is 5.67. The molecule has 6 heteroatoms. The number of anilines is 1. The first-order valence-corrected chi connectivity index (χ1v) is 7.83. The molecule has 4 rings (SSSR count). The van der Waals surface area contributed by atoms with Crippen molar-refractivity contribution in [3.05, 3.63) is 78.5 Å². The van der Waals surface area contributed by atoms with Crippen LogP contribution in [0.3, 0.4) is 0 Å². The molecule has 1 aromatic carbocycles. The monoisotopic (exact) mass is 329 g/mol. The Balaban J connectivity index is 1.53. The first kappa shape index (κ1) is 15.0. The van der Waals surface area contributed by atoms with Crippen LogP contribution in [0.25, 0.3) is 17.0 Å². The summed E-state index contributed by atoms with van der Waals surface area (Å²) in [5.41, 5.74) is 3.92. The Hall–Kier alpha value is -3.54. The molecule has 0 saturated carbocycles. The number of hydrogen-bond acceptors (Lipinski definition) is 4. The first-order valence-electron chi connectivity index (χ1n) is 7.83. The molecular formula is C19H15N5O. The van der Waals surface area contributed by atoms with E-state index in [1.165, 1.54) is 0 Å². The summed E-state index contributed by atoms with van der Waals surface area (Å²) in [5.74, 6) is 0.471. The fraction of sp³-hybridized carbons (Fsp3) is 0.0526. The van der Waals surface area contributed by atoms with Crippen molar-refractivity contribution in [3.8, 4) is 11.3 Å². The molecule has 122 valence electrons. The average Bonchev–Trinajstić information content (AvgIpc) is 3.07. The number of rotatable bonds is 3. The third-order valence-electron chi connectivity index (χ3n) is 3.85. The van der Waals surface area contributed by atoms with Gasteiger partial charge in [-0.05, 0) is 37.3 Å². The number of benzene rings is 1. The van der Waals surface area contributed by atoms with E-state index in [9.17, 15) is 4.79 Å². The van der Waals surface area contributed by atoms with Crippen molar-refractivity contribution in [2.24, 2.45) is 0 Å². The van der Waals surface area contributed by atoms with Crippen LogP contribution in [0.1, 0.15) is 16.1 Å². The highest BCUT2D eigenvalue weighted by Crippen LogP contribution is 2.21. The van der Waals surface area contributed by atoms with Crippen LogP contribution in [0, 0.1) is 6.92 Å². The molecule has 0 aliphatic carbocycles. The van der Waals surface area contributed by atoms with Crippen LogP contribution in [0.4, 0.5) is 5.69 Å². The van der Waals surface area contributed by atoms with E-state index < -0.39 is 0 Å². The number of aromatic nitrogens is 4. The van der Waals surface area contributed by atoms with Crippen LogP contribution in [-0.2, 0) is 0 Å². The molecule has 0 radical (unpaired) electrons. The van der Waals surface area contributed by atoms with Crippen molar-refractivity contribution >= 4 is 17.4 Å². The zero-order valence-corrected chi connectivity index (χ0v) is 13.5. The molecule has 0 atom stereocenters. The first-order chi connectivity index (χ1) is 12.2. The number of imidazole rings is 1. The number of fused-ring (bicyclic) bond motifs is 1. The van der Waals surface area contributed by atoms with Crippen LogP contribution in [0.5, 0.6) is 0 Å². The molecule has 1 amide bonds. The molecule has 4 aromatic rings. The minimum absolute atomic E-state index is 0.183. The summed E-state index contributed by atoms with van der Waals surface area (Å²) in [6, 6.07) is 13.0. The summed E-state index contributed by atoms with van der Waals surface area (Å²) in [6.07, 6.45) is 7.12. The lowest BCUT2D eigenvalue weighted by Gasteiger charge is -2.06. The Labute approximate surface area is 144 Å². The summed E-state index contributed by atoms with van der Waals surface area (Å²) in [6.45, 7) is 1.88. The van der Waals surface area contributed by atoms with E-state index in [2.05, 4.69) is 20.3 Å². The van der Waals surface area contributed by atoms with Crippen molar-refractivity contribution in [1.29, 1.82) is 0 Å². The number of nitrogens with zero attached hydrogens (tertiary/aromatic N) is 4. The van der Waals surface area contributed by atoms with E-state index in [1.54, 1.807) is 18.5 Å². The Morgan fingerprint density at radius 1 is 1.08 bits per heavy atom. The van der Waals surface area contributed by atoms with E-state index in [4.69, 9.17) is 0 Å². The maximum atomic E-state index is 12.2. The zero-order valence-electron chi connectivity index (χ0n) is 13.5. The minimum atomic E-state index is -0.183. The topological polar surface area (TPSA) is 72.2 Å². The fourth-order valence-electron chi connectivity index (χ4n) is 2.50. The van der Waals surface area contributed by atoms with Gasteiger partial charge < -0.3 is 5.32 Å². The molecule has 0 aliphatic heterocycles. The second kappa shape index (κ2) is 6.16. The minimum Gasteiger partial charge on any atom is -0.322 e. The molecule has 0 fully saturated rings. The van der Waals surface area contributed by atoms with Crippen molar-refractivity contribution < 1.29 is 4.79 Å². The lowest BCUT2D eigenvalue weighted by atomic mass is 10.1. The summed E-state index contributed by atoms with van der Waals surface area (Å²) >= 11 is 0. The SMILES string of the molecule is Cc1ccc(C(=O)Nc2ccc(-c3cn4cccnc4n3)cc2)cn1. The van der Waals surface area contributed by atoms with Gasteiger partial charge in [0.2, 0.25) is 5.78 Å². The number of carbonyl (C=O) groups excluding carboxylic acids is 1. The molecule has 0 aliphatic rings. The van der Waals surface area contributed by atoms with Gasteiger partial charge in [0.25, 0.3) is 5.91 Å². The van der Waals surface area contributed by atoms with E-state index in [0.717, 1.165) is 22.6 Å². The molecule has 0 bridgehead atoms. The van der Waals surface area contributed by atoms with Gasteiger partial charge in [0.1, 0.15) is 0 Å². The molecule has 1 N–H and O–H groups in total. The molecular weight excluding hydrogens is 314 g/mol. The highest BCUT2D eigenvalue weighted by molar-refractivity contribution is 6.04. The number of hydrogen-bond donors (Lipinski definition) is 1. The van der Waals surface area contributed by atoms with E-state index >= 15 is 0 Å². The molecule has 3 aromatic heterocycles. The van der Waals surface area contributed by atoms with E-state index in [1.807, 2.05) is 60.1 Å². The van der Waals surface area contributed by atoms with Gasteiger partial charge >= 0.3 is 0 Å². The van der Waals surface area contributed by atoms with Gasteiger partial charge in [-0.2, -0.15) is 0 Å². The maximum Gasteiger partial charge on any atom is 0.257 e. The van der Waals surface area contributed by atoms with Gasteiger partial charge in [-0.25, -0.2) is 9.97 Å². The standard InChI is InChI=1S/C19H15N5O/c1-13-3-4-15(11-21-13)18(25)22-16-7-5-14(6-8-16)17-12-24-10-2-9-20-19(24)23-17/h2-12H,1H3,(H,22,25). The lowest BCUT2D eigenvalue weighted by molar-refractivity contribution is 0.102. The molecule has 0 spiro atoms. The van der Waals surface area contributed by atoms with Gasteiger partial charge in [0.15, 0.2) is 0 Å². The average molecular weight is 329 g/mol. The summed E-state index contributed by atoms with van der Waals surface area (Å²) in [7, 11) is 0. The number of carbonyl (C=O) groups is 1. The van der Waals surface area contributed by atoms with Gasteiger partial charge in [0.05, 0.1) is 11.3 Å². The zero-order chi connectivity index (χ0) is 17.2. The predicted molar refractivity (Wildman–Crippen MR) is 95.4 cm³/mol. The Bertz CT molecular complexity index is 1000. The Morgan fingerprint density at radius 2 is 1.92 bits per heavy atom. The largest absolute Gasteiger partial charge is 0.322 e. The van der Waals surface area contributed by atoms with Gasteiger partial charge in [0, 0.05) is 41.7 Å². The highest BCUT2D eigenvalue weighted by atomic mass is 16.1. The third-order valence-corrected chi connectivity index (χ3v) is 3.85. The molecule has 0 unspecified atom stereocenters. The number of nitrogens with one attached hydrogen (secondary N) is 1. The lowest BCUT2D eigenvalue weighted by Crippen LogP contribution is -2.12. The summed E-state index contributed by atoms with van der Waals surface area (Å²) < 4.78 is 1.87. The maximum absolute atomic E-state index is 12.2. The highest BCUT2D eigenvalue weighted by Gasteiger charge is 2.08. The number of amides is 1. The van der Waals surface area contributed by atoms with Crippen molar-refractivity contribution in [1.82, 2.24) is 19.4 Å². The van der Waals surface area contributed by atoms with E-state index in [0.29, 0.717) is 11.3 Å². The Kier molecular flexibility index (Phi) is 3.70. The Morgan fingerprint density at radius 3 is 2.64 bits per heavy atom. The van der Waals surface area contributed by atoms with Crippen LogP contribution in [-0.4, -0.2) is 25.3 Å². The number of aryl methyl sites for hydroxylation is 1. The smallest absolute Gasteiger partial charge is 0.257 e. The van der Waals surface area contributed by atoms with Gasteiger partial charge in [-0.3, -0.25) is 14.2 Å². The quantitative estimate of drug-likeness (QED) is 0.625. The van der Waals surface area contributed by atoms with Crippen LogP contribution < -0.4 is 5.32 Å². The summed E-state index contributed by atoms with van der Waals surface area (Å²) in [5, 5.41) is 2.87. The van der Waals surface area contributed by atoms with Crippen LogP contribution in [0.15, 0.2) is 67.3 Å². The number of pyridine rings is 1. The molecule has 25 heavy (non-hydrogen) atoms. The molecule has 0 saturated heterocycles. The van der Waals surface area contributed by atoms with Crippen LogP contribution >= 0.6 is 0 Å². The molecule has 6 nitrogen and oxygen atoms in total. The van der Waals surface area contributed by atoms with Crippen LogP contribution in [0.2, 0.25) is 0 Å². The second-order valence-electron chi connectivity index (χ2n) is 5.67. The van der Waals surface area contributed by atoms with Crippen molar-refractivity contribution in [3.63, 3.8) is 0 Å². The van der Waals surface area contributed by atoms with Crippen molar-refractivity contribution in [2.45, 2.75) is 6.92 Å². The normalized spacial score (nSPS) is 10.8. The predicted octanol–water partition coefficient (Wildman–Crippen LogP) is 3.35. The van der Waals surface area contributed by atoms with Gasteiger partial charge in [-0.15, -0.1) is 0 Å². The fourth-order valence-corrected chi connectivity index (χ4v) is 2.50. The van der Waals surface area contributed by atoms with E-state index in [-0.39, 0.29) is 5.91 Å². The van der Waals surface area contributed by atoms with Gasteiger partial charge in [-0.1, -0.05) is 12.1 Å². The van der Waals surface area contributed by atoms with Crippen molar-refractivity contribution in [2.75, 3.05) is 5.32 Å². The third kappa shape index (κ3) is 3.10.